The largest absolute Gasteiger partial charge is 0.481 e. The third kappa shape index (κ3) is 2.56. The molecule has 1 fully saturated rings. The molecule has 0 aromatic carbocycles. The summed E-state index contributed by atoms with van der Waals surface area (Å²) >= 11 is 0. The Bertz CT molecular complexity index is 342. The zero-order valence-corrected chi connectivity index (χ0v) is 8.52. The summed E-state index contributed by atoms with van der Waals surface area (Å²) in [6, 6.07) is 0. The molecule has 1 aromatic rings. The lowest BCUT2D eigenvalue weighted by atomic mass is 10.2. The van der Waals surface area contributed by atoms with Gasteiger partial charge in [-0.15, -0.1) is 0 Å². The molecule has 1 atom stereocenters. The van der Waals surface area contributed by atoms with Crippen molar-refractivity contribution in [3.63, 3.8) is 0 Å². The van der Waals surface area contributed by atoms with Gasteiger partial charge >= 0.3 is 5.97 Å². The molecule has 2 heterocycles. The number of aromatic nitrogens is 2. The van der Waals surface area contributed by atoms with Crippen molar-refractivity contribution in [3.8, 4) is 0 Å². The molecule has 2 rings (SSSR count). The fourth-order valence-electron chi connectivity index (χ4n) is 1.82. The second-order valence-electron chi connectivity index (χ2n) is 3.83. The van der Waals surface area contributed by atoms with Crippen molar-refractivity contribution >= 4 is 5.97 Å². The zero-order chi connectivity index (χ0) is 10.7. The van der Waals surface area contributed by atoms with Crippen LogP contribution in [0.2, 0.25) is 0 Å². The van der Waals surface area contributed by atoms with Gasteiger partial charge in [0.25, 0.3) is 0 Å². The fourth-order valence-corrected chi connectivity index (χ4v) is 1.82. The number of carbonyl (C=O) groups is 1. The van der Waals surface area contributed by atoms with E-state index in [1.807, 2.05) is 10.9 Å². The van der Waals surface area contributed by atoms with Crippen LogP contribution >= 0.6 is 0 Å². The molecule has 5 nitrogen and oxygen atoms in total. The predicted molar refractivity (Wildman–Crippen MR) is 54.5 cm³/mol. The topological polar surface area (TPSA) is 67.1 Å². The number of nitrogens with zero attached hydrogens (tertiary/aromatic N) is 2. The molecule has 2 N–H and O–H groups in total. The molecule has 0 radical (unpaired) electrons. The molecule has 1 aliphatic rings. The summed E-state index contributed by atoms with van der Waals surface area (Å²) in [6.45, 7) is 1.04. The summed E-state index contributed by atoms with van der Waals surface area (Å²) in [7, 11) is 0. The first-order chi connectivity index (χ1) is 7.25. The summed E-state index contributed by atoms with van der Waals surface area (Å²) in [4.78, 5) is 10.4. The molecule has 82 valence electrons. The minimum atomic E-state index is -0.762. The Morgan fingerprint density at radius 2 is 2.60 bits per heavy atom. The maximum absolute atomic E-state index is 10.4. The predicted octanol–water partition coefficient (Wildman–Crippen LogP) is 0.782. The fraction of sp³-hybridized carbons (Fsp3) is 0.600. The maximum atomic E-state index is 10.4. The van der Waals surface area contributed by atoms with Crippen LogP contribution in [0.4, 0.5) is 0 Å². The van der Waals surface area contributed by atoms with Crippen molar-refractivity contribution < 1.29 is 9.90 Å². The number of hydrogen-bond acceptors (Lipinski definition) is 3. The second kappa shape index (κ2) is 4.44. The van der Waals surface area contributed by atoms with Gasteiger partial charge in [0, 0.05) is 12.6 Å². The van der Waals surface area contributed by atoms with Crippen LogP contribution in [-0.2, 0) is 11.2 Å². The summed E-state index contributed by atoms with van der Waals surface area (Å²) in [5, 5.41) is 16.1. The van der Waals surface area contributed by atoms with E-state index in [0.29, 0.717) is 12.6 Å². The number of nitrogens with one attached hydrogen (secondary N) is 1. The summed E-state index contributed by atoms with van der Waals surface area (Å²) in [6.07, 6.45) is 6.99. The van der Waals surface area contributed by atoms with Gasteiger partial charge in [-0.05, 0) is 31.4 Å². The van der Waals surface area contributed by atoms with Gasteiger partial charge in [-0.25, -0.2) is 0 Å². The quantitative estimate of drug-likeness (QED) is 0.769. The maximum Gasteiger partial charge on any atom is 0.303 e. The van der Waals surface area contributed by atoms with E-state index < -0.39 is 5.97 Å². The van der Waals surface area contributed by atoms with Gasteiger partial charge in [-0.2, -0.15) is 5.10 Å². The van der Waals surface area contributed by atoms with Gasteiger partial charge in [0.2, 0.25) is 0 Å². The molecule has 1 unspecified atom stereocenters. The Morgan fingerprint density at radius 3 is 3.27 bits per heavy atom. The minimum Gasteiger partial charge on any atom is -0.481 e. The van der Waals surface area contributed by atoms with E-state index in [1.165, 1.54) is 6.42 Å². The lowest BCUT2D eigenvalue weighted by Gasteiger charge is -2.09. The summed E-state index contributed by atoms with van der Waals surface area (Å²) in [5.74, 6) is -0.762. The molecule has 0 bridgehead atoms. The van der Waals surface area contributed by atoms with E-state index in [-0.39, 0.29) is 6.42 Å². The molecule has 0 spiro atoms. The molecule has 0 amide bonds. The van der Waals surface area contributed by atoms with E-state index in [1.54, 1.807) is 6.20 Å². The van der Waals surface area contributed by atoms with Gasteiger partial charge in [0.15, 0.2) is 0 Å². The third-order valence-electron chi connectivity index (χ3n) is 2.64. The van der Waals surface area contributed by atoms with Crippen LogP contribution in [0.1, 0.15) is 31.0 Å². The lowest BCUT2D eigenvalue weighted by Crippen LogP contribution is -2.20. The van der Waals surface area contributed by atoms with Gasteiger partial charge in [0.1, 0.15) is 6.17 Å². The lowest BCUT2D eigenvalue weighted by molar-refractivity contribution is -0.136. The smallest absolute Gasteiger partial charge is 0.303 e. The van der Waals surface area contributed by atoms with Gasteiger partial charge in [-0.3, -0.25) is 14.8 Å². The van der Waals surface area contributed by atoms with Gasteiger partial charge in [-0.1, -0.05) is 0 Å². The number of aliphatic carboxylic acids is 1. The molecular formula is C10H15N3O2. The van der Waals surface area contributed by atoms with Crippen LogP contribution in [0.3, 0.4) is 0 Å². The highest BCUT2D eigenvalue weighted by molar-refractivity contribution is 5.67. The highest BCUT2D eigenvalue weighted by atomic mass is 16.4. The van der Waals surface area contributed by atoms with Crippen molar-refractivity contribution in [2.24, 2.45) is 0 Å². The number of carboxylic acid groups (broad SMARTS) is 1. The Morgan fingerprint density at radius 1 is 1.73 bits per heavy atom. The molecule has 5 heteroatoms. The third-order valence-corrected chi connectivity index (χ3v) is 2.64. The Hall–Kier alpha value is -1.36. The minimum absolute atomic E-state index is 0.170. The first-order valence-electron chi connectivity index (χ1n) is 5.24. The van der Waals surface area contributed by atoms with Crippen molar-refractivity contribution in [1.82, 2.24) is 15.1 Å². The van der Waals surface area contributed by atoms with E-state index in [4.69, 9.17) is 5.11 Å². The SMILES string of the molecule is O=C(O)CCc1cnn(C2CCCN2)c1. The molecule has 1 aromatic heterocycles. The van der Waals surface area contributed by atoms with Crippen molar-refractivity contribution in [3.05, 3.63) is 18.0 Å². The molecule has 1 aliphatic heterocycles. The monoisotopic (exact) mass is 209 g/mol. The van der Waals surface area contributed by atoms with Crippen molar-refractivity contribution in [2.75, 3.05) is 6.54 Å². The molecular weight excluding hydrogens is 194 g/mol. The Balaban J connectivity index is 1.94. The number of carboxylic acids is 1. The van der Waals surface area contributed by atoms with Crippen LogP contribution in [0.5, 0.6) is 0 Å². The second-order valence-corrected chi connectivity index (χ2v) is 3.83. The van der Waals surface area contributed by atoms with E-state index >= 15 is 0 Å². The van der Waals surface area contributed by atoms with E-state index in [9.17, 15) is 4.79 Å². The molecule has 0 aliphatic carbocycles. The first kappa shape index (κ1) is 10.2. The Labute approximate surface area is 88.1 Å². The van der Waals surface area contributed by atoms with Crippen LogP contribution < -0.4 is 5.32 Å². The van der Waals surface area contributed by atoms with Gasteiger partial charge < -0.3 is 5.11 Å². The van der Waals surface area contributed by atoms with E-state index in [2.05, 4.69) is 10.4 Å². The standard InChI is InChI=1S/C10H15N3O2/c14-10(15)4-3-8-6-12-13(7-8)9-2-1-5-11-9/h6-7,9,11H,1-5H2,(H,14,15). The van der Waals surface area contributed by atoms with Gasteiger partial charge in [0.05, 0.1) is 6.20 Å². The summed E-state index contributed by atoms with van der Waals surface area (Å²) in [5.41, 5.74) is 0.992. The van der Waals surface area contributed by atoms with E-state index in [0.717, 1.165) is 18.5 Å². The molecule has 15 heavy (non-hydrogen) atoms. The summed E-state index contributed by atoms with van der Waals surface area (Å²) < 4.78 is 1.89. The van der Waals surface area contributed by atoms with Crippen molar-refractivity contribution in [1.29, 1.82) is 0 Å². The molecule has 0 saturated carbocycles. The number of rotatable bonds is 4. The highest BCUT2D eigenvalue weighted by Crippen LogP contribution is 2.16. The first-order valence-corrected chi connectivity index (χ1v) is 5.24. The van der Waals surface area contributed by atoms with Crippen LogP contribution in [0.15, 0.2) is 12.4 Å². The Kier molecular flexibility index (Phi) is 3.01. The van der Waals surface area contributed by atoms with Crippen LogP contribution in [0.25, 0.3) is 0 Å². The average Bonchev–Trinajstić information content (AvgIpc) is 2.85. The average molecular weight is 209 g/mol. The normalized spacial score (nSPS) is 20.7. The van der Waals surface area contributed by atoms with Crippen molar-refractivity contribution in [2.45, 2.75) is 31.8 Å². The van der Waals surface area contributed by atoms with Crippen LogP contribution in [-0.4, -0.2) is 27.4 Å². The number of hydrogen-bond donors (Lipinski definition) is 2. The zero-order valence-electron chi connectivity index (χ0n) is 8.52. The molecule has 1 saturated heterocycles. The number of aryl methyl sites for hydroxylation is 1. The highest BCUT2D eigenvalue weighted by Gasteiger charge is 2.16. The van der Waals surface area contributed by atoms with Crippen LogP contribution in [0, 0.1) is 0 Å².